The van der Waals surface area contributed by atoms with Gasteiger partial charge in [0.1, 0.15) is 10.6 Å². The average Bonchev–Trinajstić information content (AvgIpc) is 3.17. The Balaban J connectivity index is 1.71. The van der Waals surface area contributed by atoms with Crippen molar-refractivity contribution in [3.05, 3.63) is 92.5 Å². The molecule has 10 heteroatoms. The van der Waals surface area contributed by atoms with Crippen molar-refractivity contribution in [3.63, 3.8) is 0 Å². The van der Waals surface area contributed by atoms with Crippen molar-refractivity contribution in [1.82, 2.24) is 4.98 Å². The van der Waals surface area contributed by atoms with Crippen LogP contribution in [0.3, 0.4) is 0 Å². The molecule has 0 aliphatic rings. The third kappa shape index (κ3) is 3.59. The fourth-order valence-corrected chi connectivity index (χ4v) is 3.94. The predicted molar refractivity (Wildman–Crippen MR) is 113 cm³/mol. The maximum atomic E-state index is 12.8. The Kier molecular flexibility index (Phi) is 4.90. The van der Waals surface area contributed by atoms with Crippen LogP contribution in [-0.2, 0) is 0 Å². The van der Waals surface area contributed by atoms with Crippen molar-refractivity contribution < 1.29 is 14.6 Å². The fourth-order valence-electron chi connectivity index (χ4n) is 2.93. The number of nitro benzene ring substituents is 2. The minimum absolute atomic E-state index is 0.273. The van der Waals surface area contributed by atoms with Gasteiger partial charge in [-0.05, 0) is 30.3 Å². The number of hydrogen-bond acceptors (Lipinski definition) is 7. The molecule has 1 N–H and O–H groups in total. The van der Waals surface area contributed by atoms with E-state index in [1.54, 1.807) is 24.3 Å². The SMILES string of the molecule is O=C(Nc1ccccc1-c1nc2ccccc2s1)c1ccc([N+](=O)[O-])cc1[N+](=O)[O-]. The van der Waals surface area contributed by atoms with Gasteiger partial charge in [0, 0.05) is 11.6 Å². The number of anilines is 1. The number of hydrogen-bond donors (Lipinski definition) is 1. The molecule has 0 aliphatic heterocycles. The molecule has 1 amide bonds. The number of non-ortho nitro benzene ring substituents is 1. The molecule has 3 aromatic carbocycles. The fraction of sp³-hybridized carbons (Fsp3) is 0. The summed E-state index contributed by atoms with van der Waals surface area (Å²) < 4.78 is 0.986. The summed E-state index contributed by atoms with van der Waals surface area (Å²) in [6.07, 6.45) is 0. The first-order valence-electron chi connectivity index (χ1n) is 8.63. The summed E-state index contributed by atoms with van der Waals surface area (Å²) in [4.78, 5) is 38.0. The molecule has 0 unspecified atom stereocenters. The standard InChI is InChI=1S/C20H12N4O5S/c25-19(14-10-9-12(23(26)27)11-17(14)24(28)29)21-15-6-2-1-5-13(15)20-22-16-7-3-4-8-18(16)30-20/h1-11H,(H,21,25). The molecule has 0 aliphatic carbocycles. The van der Waals surface area contributed by atoms with E-state index in [9.17, 15) is 25.0 Å². The molecule has 0 bridgehead atoms. The molecule has 0 spiro atoms. The Morgan fingerprint density at radius 2 is 1.67 bits per heavy atom. The number of thiazole rings is 1. The molecule has 4 rings (SSSR count). The van der Waals surface area contributed by atoms with Crippen molar-refractivity contribution in [2.24, 2.45) is 0 Å². The number of fused-ring (bicyclic) bond motifs is 1. The van der Waals surface area contributed by atoms with Gasteiger partial charge in [-0.1, -0.05) is 24.3 Å². The molecule has 1 aromatic heterocycles. The van der Waals surface area contributed by atoms with Gasteiger partial charge in [0.25, 0.3) is 17.3 Å². The van der Waals surface area contributed by atoms with E-state index < -0.39 is 27.1 Å². The molecule has 1 heterocycles. The highest BCUT2D eigenvalue weighted by Crippen LogP contribution is 2.35. The molecule has 0 atom stereocenters. The van der Waals surface area contributed by atoms with E-state index >= 15 is 0 Å². The van der Waals surface area contributed by atoms with E-state index in [1.807, 2.05) is 24.3 Å². The van der Waals surface area contributed by atoms with Crippen LogP contribution >= 0.6 is 11.3 Å². The van der Waals surface area contributed by atoms with Crippen LogP contribution in [0, 0.1) is 20.2 Å². The molecular formula is C20H12N4O5S. The van der Waals surface area contributed by atoms with Crippen molar-refractivity contribution in [2.45, 2.75) is 0 Å². The highest BCUT2D eigenvalue weighted by Gasteiger charge is 2.25. The monoisotopic (exact) mass is 420 g/mol. The molecule has 0 saturated heterocycles. The smallest absolute Gasteiger partial charge is 0.289 e. The van der Waals surface area contributed by atoms with Gasteiger partial charge in [0.05, 0.1) is 31.8 Å². The number of benzene rings is 3. The zero-order chi connectivity index (χ0) is 21.3. The predicted octanol–water partition coefficient (Wildman–Crippen LogP) is 5.03. The summed E-state index contributed by atoms with van der Waals surface area (Å²) in [6.45, 7) is 0. The molecule has 0 fully saturated rings. The van der Waals surface area contributed by atoms with Gasteiger partial charge in [0.15, 0.2) is 0 Å². The lowest BCUT2D eigenvalue weighted by molar-refractivity contribution is -0.394. The number of aromatic nitrogens is 1. The summed E-state index contributed by atoms with van der Waals surface area (Å²) in [5.41, 5.74) is 0.535. The Hall–Kier alpha value is -4.18. The van der Waals surface area contributed by atoms with Gasteiger partial charge in [-0.25, -0.2) is 4.98 Å². The second kappa shape index (κ2) is 7.68. The molecular weight excluding hydrogens is 408 g/mol. The lowest BCUT2D eigenvalue weighted by Gasteiger charge is -2.09. The van der Waals surface area contributed by atoms with Gasteiger partial charge >= 0.3 is 0 Å². The Labute approximate surface area is 172 Å². The summed E-state index contributed by atoms with van der Waals surface area (Å²) in [5, 5.41) is 25.6. The van der Waals surface area contributed by atoms with Crippen molar-refractivity contribution in [1.29, 1.82) is 0 Å². The van der Waals surface area contributed by atoms with Crippen LogP contribution in [0.15, 0.2) is 66.7 Å². The highest BCUT2D eigenvalue weighted by molar-refractivity contribution is 7.21. The van der Waals surface area contributed by atoms with Gasteiger partial charge in [-0.15, -0.1) is 11.3 Å². The molecule has 148 valence electrons. The highest BCUT2D eigenvalue weighted by atomic mass is 32.1. The van der Waals surface area contributed by atoms with Crippen LogP contribution in [0.4, 0.5) is 17.1 Å². The third-order valence-electron chi connectivity index (χ3n) is 4.33. The first-order valence-corrected chi connectivity index (χ1v) is 9.45. The zero-order valence-electron chi connectivity index (χ0n) is 15.1. The summed E-state index contributed by atoms with van der Waals surface area (Å²) in [7, 11) is 0. The van der Waals surface area contributed by atoms with E-state index in [2.05, 4.69) is 10.3 Å². The van der Waals surface area contributed by atoms with Gasteiger partial charge in [0.2, 0.25) is 0 Å². The van der Waals surface area contributed by atoms with Crippen LogP contribution in [-0.4, -0.2) is 20.7 Å². The van der Waals surface area contributed by atoms with E-state index in [0.717, 1.165) is 28.4 Å². The van der Waals surface area contributed by atoms with E-state index in [0.29, 0.717) is 16.3 Å². The third-order valence-corrected chi connectivity index (χ3v) is 5.40. The minimum atomic E-state index is -0.818. The lowest BCUT2D eigenvalue weighted by atomic mass is 10.1. The average molecular weight is 420 g/mol. The van der Waals surface area contributed by atoms with Gasteiger partial charge in [-0.2, -0.15) is 0 Å². The van der Waals surface area contributed by atoms with Crippen LogP contribution < -0.4 is 5.32 Å². The van der Waals surface area contributed by atoms with E-state index in [-0.39, 0.29) is 5.56 Å². The maximum Gasteiger partial charge on any atom is 0.289 e. The normalized spacial score (nSPS) is 10.7. The van der Waals surface area contributed by atoms with Crippen LogP contribution in [0.25, 0.3) is 20.8 Å². The van der Waals surface area contributed by atoms with E-state index in [4.69, 9.17) is 0 Å². The molecule has 4 aromatic rings. The quantitative estimate of drug-likeness (QED) is 0.356. The van der Waals surface area contributed by atoms with Crippen molar-refractivity contribution in [3.8, 4) is 10.6 Å². The number of rotatable bonds is 5. The van der Waals surface area contributed by atoms with Crippen LogP contribution in [0.5, 0.6) is 0 Å². The lowest BCUT2D eigenvalue weighted by Crippen LogP contribution is -2.14. The number of carbonyl (C=O) groups excluding carboxylic acids is 1. The molecule has 0 saturated carbocycles. The first-order chi connectivity index (χ1) is 14.4. The maximum absolute atomic E-state index is 12.8. The number of nitro groups is 2. The zero-order valence-corrected chi connectivity index (χ0v) is 16.0. The molecule has 30 heavy (non-hydrogen) atoms. The number of nitrogens with one attached hydrogen (secondary N) is 1. The first kappa shape index (κ1) is 19.2. The Morgan fingerprint density at radius 1 is 0.933 bits per heavy atom. The van der Waals surface area contributed by atoms with Crippen LogP contribution in [0.1, 0.15) is 10.4 Å². The minimum Gasteiger partial charge on any atom is -0.321 e. The molecule has 9 nitrogen and oxygen atoms in total. The number of amides is 1. The number of carbonyl (C=O) groups is 1. The van der Waals surface area contributed by atoms with Crippen molar-refractivity contribution >= 4 is 44.5 Å². The topological polar surface area (TPSA) is 128 Å². The Bertz CT molecular complexity index is 1280. The second-order valence-electron chi connectivity index (χ2n) is 6.20. The number of nitrogens with zero attached hydrogens (tertiary/aromatic N) is 3. The summed E-state index contributed by atoms with van der Waals surface area (Å²) in [5.74, 6) is -0.745. The largest absolute Gasteiger partial charge is 0.321 e. The van der Waals surface area contributed by atoms with E-state index in [1.165, 1.54) is 11.3 Å². The van der Waals surface area contributed by atoms with Gasteiger partial charge in [-0.3, -0.25) is 25.0 Å². The van der Waals surface area contributed by atoms with Crippen LogP contribution in [0.2, 0.25) is 0 Å². The summed E-state index contributed by atoms with van der Waals surface area (Å²) >= 11 is 1.46. The second-order valence-corrected chi connectivity index (χ2v) is 7.23. The van der Waals surface area contributed by atoms with Gasteiger partial charge < -0.3 is 5.32 Å². The molecule has 0 radical (unpaired) electrons. The summed E-state index contributed by atoms with van der Waals surface area (Å²) in [6, 6.07) is 17.5. The Morgan fingerprint density at radius 3 is 2.40 bits per heavy atom. The number of para-hydroxylation sites is 2. The van der Waals surface area contributed by atoms with Crippen molar-refractivity contribution in [2.75, 3.05) is 5.32 Å².